The highest BCUT2D eigenvalue weighted by atomic mass is 32.2. The van der Waals surface area contributed by atoms with Crippen molar-refractivity contribution in [2.45, 2.75) is 50.1 Å². The molecule has 1 saturated heterocycles. The zero-order chi connectivity index (χ0) is 15.1. The maximum atomic E-state index is 13.9. The van der Waals surface area contributed by atoms with Gasteiger partial charge >= 0.3 is 0 Å². The Balaban J connectivity index is 2.55. The number of hydrogen-bond acceptors (Lipinski definition) is 3. The number of halogens is 2. The molecule has 0 spiro atoms. The fraction of sp³-hybridized carbons (Fsp3) is 0.538. The number of nitrogens with zero attached hydrogens (tertiary/aromatic N) is 1. The first-order valence-electron chi connectivity index (χ1n) is 6.53. The van der Waals surface area contributed by atoms with E-state index in [9.17, 15) is 17.2 Å². The number of benzene rings is 1. The van der Waals surface area contributed by atoms with Gasteiger partial charge < -0.3 is 5.73 Å². The normalized spacial score (nSPS) is 24.8. The monoisotopic (exact) mass is 304 g/mol. The summed E-state index contributed by atoms with van der Waals surface area (Å²) in [6, 6.07) is 1.10. The van der Waals surface area contributed by atoms with Crippen molar-refractivity contribution in [1.29, 1.82) is 0 Å². The van der Waals surface area contributed by atoms with Crippen LogP contribution in [-0.2, 0) is 10.0 Å². The molecule has 7 heteroatoms. The number of nitrogen functional groups attached to an aromatic ring is 1. The first kappa shape index (κ1) is 15.2. The molecule has 1 aromatic rings. The zero-order valence-corrected chi connectivity index (χ0v) is 12.3. The summed E-state index contributed by atoms with van der Waals surface area (Å²) in [5.41, 5.74) is 5.18. The Labute approximate surface area is 117 Å². The number of rotatable bonds is 2. The minimum atomic E-state index is -4.21. The number of piperidine rings is 1. The average molecular weight is 304 g/mol. The van der Waals surface area contributed by atoms with Crippen LogP contribution in [0.5, 0.6) is 0 Å². The summed E-state index contributed by atoms with van der Waals surface area (Å²) in [6.07, 6.45) is 2.27. The second kappa shape index (κ2) is 5.29. The van der Waals surface area contributed by atoms with Crippen molar-refractivity contribution in [3.8, 4) is 0 Å². The van der Waals surface area contributed by atoms with Crippen molar-refractivity contribution in [2.75, 3.05) is 5.73 Å². The Kier molecular flexibility index (Phi) is 4.02. The lowest BCUT2D eigenvalue weighted by molar-refractivity contribution is 0.203. The first-order valence-corrected chi connectivity index (χ1v) is 7.97. The molecule has 2 rings (SSSR count). The van der Waals surface area contributed by atoms with Gasteiger partial charge in [-0.1, -0.05) is 6.42 Å². The molecule has 2 N–H and O–H groups in total. The standard InChI is InChI=1S/C13H18F2N2O2S/c1-8-4-3-5-9(2)17(8)20(18,19)13-11(14)6-10(16)7-12(13)15/h6-9H,3-5,16H2,1-2H3. The number of hydrogen-bond donors (Lipinski definition) is 1. The molecule has 20 heavy (non-hydrogen) atoms. The van der Waals surface area contributed by atoms with E-state index in [1.807, 2.05) is 0 Å². The maximum Gasteiger partial charge on any atom is 0.249 e. The quantitative estimate of drug-likeness (QED) is 0.854. The van der Waals surface area contributed by atoms with Crippen LogP contribution in [0.4, 0.5) is 14.5 Å². The van der Waals surface area contributed by atoms with Crippen LogP contribution in [0.25, 0.3) is 0 Å². The van der Waals surface area contributed by atoms with E-state index in [1.54, 1.807) is 13.8 Å². The molecule has 112 valence electrons. The van der Waals surface area contributed by atoms with Crippen LogP contribution < -0.4 is 5.73 Å². The molecule has 2 unspecified atom stereocenters. The number of nitrogens with two attached hydrogens (primary N) is 1. The summed E-state index contributed by atoms with van der Waals surface area (Å²) in [7, 11) is -4.21. The highest BCUT2D eigenvalue weighted by Crippen LogP contribution is 2.32. The lowest BCUT2D eigenvalue weighted by Crippen LogP contribution is -2.47. The predicted octanol–water partition coefficient (Wildman–Crippen LogP) is 2.50. The van der Waals surface area contributed by atoms with E-state index in [-0.39, 0.29) is 17.8 Å². The Morgan fingerprint density at radius 2 is 1.60 bits per heavy atom. The molecule has 4 nitrogen and oxygen atoms in total. The molecule has 1 aliphatic heterocycles. The van der Waals surface area contributed by atoms with Crippen molar-refractivity contribution in [3.63, 3.8) is 0 Å². The van der Waals surface area contributed by atoms with Gasteiger partial charge in [-0.2, -0.15) is 4.31 Å². The van der Waals surface area contributed by atoms with Crippen molar-refractivity contribution in [1.82, 2.24) is 4.31 Å². The predicted molar refractivity (Wildman–Crippen MR) is 72.6 cm³/mol. The van der Waals surface area contributed by atoms with Gasteiger partial charge in [-0.3, -0.25) is 0 Å². The van der Waals surface area contributed by atoms with Crippen LogP contribution in [0.2, 0.25) is 0 Å². The SMILES string of the molecule is CC1CCCC(C)N1S(=O)(=O)c1c(F)cc(N)cc1F. The topological polar surface area (TPSA) is 63.4 Å². The largest absolute Gasteiger partial charge is 0.399 e. The lowest BCUT2D eigenvalue weighted by Gasteiger charge is -2.37. The second-order valence-corrected chi connectivity index (χ2v) is 7.06. The molecule has 1 aromatic carbocycles. The lowest BCUT2D eigenvalue weighted by atomic mass is 10.0. The van der Waals surface area contributed by atoms with Crippen LogP contribution in [0.3, 0.4) is 0 Å². The van der Waals surface area contributed by atoms with Gasteiger partial charge in [-0.05, 0) is 38.8 Å². The van der Waals surface area contributed by atoms with E-state index in [2.05, 4.69) is 0 Å². The van der Waals surface area contributed by atoms with Gasteiger partial charge in [0.15, 0.2) is 4.90 Å². The zero-order valence-electron chi connectivity index (χ0n) is 11.4. The fourth-order valence-corrected chi connectivity index (χ4v) is 4.78. The molecule has 1 heterocycles. The second-order valence-electron chi connectivity index (χ2n) is 5.28. The van der Waals surface area contributed by atoms with Gasteiger partial charge in [0.25, 0.3) is 0 Å². The molecule has 1 fully saturated rings. The van der Waals surface area contributed by atoms with Gasteiger partial charge in [-0.25, -0.2) is 17.2 Å². The first-order chi connectivity index (χ1) is 9.25. The van der Waals surface area contributed by atoms with Crippen LogP contribution in [-0.4, -0.2) is 24.8 Å². The van der Waals surface area contributed by atoms with Crippen molar-refractivity contribution < 1.29 is 17.2 Å². The Morgan fingerprint density at radius 1 is 1.15 bits per heavy atom. The van der Waals surface area contributed by atoms with Gasteiger partial charge in [0.05, 0.1) is 0 Å². The molecule has 2 atom stereocenters. The van der Waals surface area contributed by atoms with Gasteiger partial charge in [0, 0.05) is 17.8 Å². The summed E-state index contributed by atoms with van der Waals surface area (Å²) in [5.74, 6) is -2.29. The van der Waals surface area contributed by atoms with E-state index in [4.69, 9.17) is 5.73 Å². The summed E-state index contributed by atoms with van der Waals surface area (Å²) in [5, 5.41) is 0. The average Bonchev–Trinajstić information content (AvgIpc) is 2.25. The summed E-state index contributed by atoms with van der Waals surface area (Å²) in [6.45, 7) is 3.50. The van der Waals surface area contributed by atoms with Crippen LogP contribution in [0.1, 0.15) is 33.1 Å². The van der Waals surface area contributed by atoms with E-state index in [1.165, 1.54) is 4.31 Å². The third kappa shape index (κ3) is 2.52. The van der Waals surface area contributed by atoms with Crippen molar-refractivity contribution >= 4 is 15.7 Å². The summed E-state index contributed by atoms with van der Waals surface area (Å²) in [4.78, 5) is -0.910. The van der Waals surface area contributed by atoms with Crippen LogP contribution in [0, 0.1) is 11.6 Å². The number of anilines is 1. The minimum Gasteiger partial charge on any atom is -0.399 e. The fourth-order valence-electron chi connectivity index (χ4n) is 2.80. The Morgan fingerprint density at radius 3 is 2.05 bits per heavy atom. The van der Waals surface area contributed by atoms with Crippen LogP contribution >= 0.6 is 0 Å². The van der Waals surface area contributed by atoms with E-state index >= 15 is 0 Å². The maximum absolute atomic E-state index is 13.9. The van der Waals surface area contributed by atoms with Gasteiger partial charge in [0.1, 0.15) is 11.6 Å². The molecular formula is C13H18F2N2O2S. The van der Waals surface area contributed by atoms with Crippen molar-refractivity contribution in [2.24, 2.45) is 0 Å². The highest BCUT2D eigenvalue weighted by molar-refractivity contribution is 7.89. The Hall–Kier alpha value is -1.21. The summed E-state index contributed by atoms with van der Waals surface area (Å²) < 4.78 is 54.1. The molecule has 0 saturated carbocycles. The molecular weight excluding hydrogens is 286 g/mol. The molecule has 0 aromatic heterocycles. The van der Waals surface area contributed by atoms with E-state index < -0.39 is 26.6 Å². The molecule has 0 aliphatic carbocycles. The van der Waals surface area contributed by atoms with E-state index in [0.29, 0.717) is 12.8 Å². The smallest absolute Gasteiger partial charge is 0.249 e. The van der Waals surface area contributed by atoms with E-state index in [0.717, 1.165) is 18.6 Å². The Bertz CT molecular complexity index is 586. The minimum absolute atomic E-state index is 0.140. The molecule has 1 aliphatic rings. The third-order valence-corrected chi connectivity index (χ3v) is 5.85. The summed E-state index contributed by atoms with van der Waals surface area (Å²) >= 11 is 0. The van der Waals surface area contributed by atoms with Crippen LogP contribution in [0.15, 0.2) is 17.0 Å². The molecule has 0 amide bonds. The molecule has 0 bridgehead atoms. The van der Waals surface area contributed by atoms with Gasteiger partial charge in [-0.15, -0.1) is 0 Å². The number of sulfonamides is 1. The molecule has 0 radical (unpaired) electrons. The van der Waals surface area contributed by atoms with Crippen molar-refractivity contribution in [3.05, 3.63) is 23.8 Å². The van der Waals surface area contributed by atoms with Gasteiger partial charge in [0.2, 0.25) is 10.0 Å². The third-order valence-electron chi connectivity index (χ3n) is 3.67. The highest BCUT2D eigenvalue weighted by Gasteiger charge is 2.38.